The van der Waals surface area contributed by atoms with Gasteiger partial charge in [-0.3, -0.25) is 0 Å². The number of halogens is 1. The topological polar surface area (TPSA) is 81.4 Å². The molecule has 5 nitrogen and oxygen atoms in total. The van der Waals surface area contributed by atoms with Gasteiger partial charge in [-0.25, -0.2) is 13.1 Å². The highest BCUT2D eigenvalue weighted by atomic mass is 79.9. The minimum atomic E-state index is -3.52. The lowest BCUT2D eigenvalue weighted by Gasteiger charge is -2.15. The highest BCUT2D eigenvalue weighted by Crippen LogP contribution is 2.32. The van der Waals surface area contributed by atoms with E-state index in [1.807, 2.05) is 6.92 Å². The third-order valence-corrected chi connectivity index (χ3v) is 6.64. The summed E-state index contributed by atoms with van der Waals surface area (Å²) in [6.07, 6.45) is 0.609. The number of hydrogen-bond donors (Lipinski definition) is 2. The molecule has 0 aliphatic carbocycles. The highest BCUT2D eigenvalue weighted by molar-refractivity contribution is 9.11. The number of thiophene rings is 1. The Morgan fingerprint density at radius 3 is 2.89 bits per heavy atom. The molecular weight excluding hydrogens is 340 g/mol. The zero-order chi connectivity index (χ0) is 13.3. The number of hydrogen-bond acceptors (Lipinski definition) is 5. The van der Waals surface area contributed by atoms with Gasteiger partial charge >= 0.3 is 0 Å². The van der Waals surface area contributed by atoms with Gasteiger partial charge in [-0.05, 0) is 35.3 Å². The lowest BCUT2D eigenvalue weighted by molar-refractivity contribution is 0.117. The van der Waals surface area contributed by atoms with Crippen molar-refractivity contribution in [3.05, 3.63) is 14.7 Å². The molecule has 0 amide bonds. The van der Waals surface area contributed by atoms with Gasteiger partial charge in [0.2, 0.25) is 10.0 Å². The second kappa shape index (κ2) is 5.56. The Morgan fingerprint density at radius 2 is 2.39 bits per heavy atom. The second-order valence-electron chi connectivity index (χ2n) is 4.15. The van der Waals surface area contributed by atoms with Crippen LogP contribution in [0.4, 0.5) is 0 Å². The summed E-state index contributed by atoms with van der Waals surface area (Å²) in [6.45, 7) is 2.79. The molecule has 2 heterocycles. The molecule has 0 saturated carbocycles. The molecule has 0 aromatic carbocycles. The standard InChI is InChI=1S/C10H15BrN2O3S2/c1-6-8(2-3-16-6)13-18(14,15)9-4-7(5-12)17-10(9)11/h4,6,8,13H,2-3,5,12H2,1H3. The van der Waals surface area contributed by atoms with Crippen LogP contribution >= 0.6 is 27.3 Å². The Labute approximate surface area is 119 Å². The van der Waals surface area contributed by atoms with Crippen LogP contribution in [0.2, 0.25) is 0 Å². The van der Waals surface area contributed by atoms with E-state index in [1.165, 1.54) is 11.3 Å². The summed E-state index contributed by atoms with van der Waals surface area (Å²) >= 11 is 4.61. The zero-order valence-corrected chi connectivity index (χ0v) is 13.1. The van der Waals surface area contributed by atoms with Crippen LogP contribution in [0.5, 0.6) is 0 Å². The van der Waals surface area contributed by atoms with E-state index in [4.69, 9.17) is 10.5 Å². The number of ether oxygens (including phenoxy) is 1. The minimum Gasteiger partial charge on any atom is -0.377 e. The van der Waals surface area contributed by atoms with Crippen LogP contribution in [-0.4, -0.2) is 27.2 Å². The fourth-order valence-corrected chi connectivity index (χ4v) is 5.73. The van der Waals surface area contributed by atoms with Gasteiger partial charge in [0.25, 0.3) is 0 Å². The van der Waals surface area contributed by atoms with Crippen molar-refractivity contribution in [1.82, 2.24) is 4.72 Å². The smallest absolute Gasteiger partial charge is 0.242 e. The van der Waals surface area contributed by atoms with Gasteiger partial charge in [0.15, 0.2) is 0 Å². The van der Waals surface area contributed by atoms with Crippen molar-refractivity contribution in [1.29, 1.82) is 0 Å². The number of sulfonamides is 1. The molecule has 1 aliphatic heterocycles. The summed E-state index contributed by atoms with van der Waals surface area (Å²) in [6, 6.07) is 1.44. The molecular formula is C10H15BrN2O3S2. The van der Waals surface area contributed by atoms with Crippen LogP contribution < -0.4 is 10.5 Å². The van der Waals surface area contributed by atoms with Gasteiger partial charge in [0, 0.05) is 18.0 Å². The lowest BCUT2D eigenvalue weighted by Crippen LogP contribution is -2.39. The Morgan fingerprint density at radius 1 is 1.67 bits per heavy atom. The first kappa shape index (κ1) is 14.4. The van der Waals surface area contributed by atoms with Gasteiger partial charge in [-0.2, -0.15) is 0 Å². The molecule has 1 aromatic rings. The molecule has 18 heavy (non-hydrogen) atoms. The first-order valence-electron chi connectivity index (χ1n) is 5.56. The molecule has 2 unspecified atom stereocenters. The van der Waals surface area contributed by atoms with Gasteiger partial charge in [0.05, 0.1) is 15.9 Å². The van der Waals surface area contributed by atoms with E-state index >= 15 is 0 Å². The quantitative estimate of drug-likeness (QED) is 0.856. The van der Waals surface area contributed by atoms with Crippen molar-refractivity contribution < 1.29 is 13.2 Å². The normalized spacial score (nSPS) is 24.6. The molecule has 2 atom stereocenters. The Kier molecular flexibility index (Phi) is 4.45. The van der Waals surface area contributed by atoms with Crippen molar-refractivity contribution in [2.24, 2.45) is 5.73 Å². The van der Waals surface area contributed by atoms with Crippen LogP contribution in [0.1, 0.15) is 18.2 Å². The van der Waals surface area contributed by atoms with Crippen LogP contribution in [-0.2, 0) is 21.3 Å². The summed E-state index contributed by atoms with van der Waals surface area (Å²) in [4.78, 5) is 1.09. The van der Waals surface area contributed by atoms with Crippen molar-refractivity contribution in [3.8, 4) is 0 Å². The zero-order valence-electron chi connectivity index (χ0n) is 9.85. The first-order valence-corrected chi connectivity index (χ1v) is 8.65. The molecule has 1 aromatic heterocycles. The minimum absolute atomic E-state index is 0.0915. The predicted octanol–water partition coefficient (Wildman–Crippen LogP) is 1.42. The third kappa shape index (κ3) is 2.94. The maximum absolute atomic E-state index is 12.3. The van der Waals surface area contributed by atoms with Gasteiger partial charge in [-0.15, -0.1) is 11.3 Å². The van der Waals surface area contributed by atoms with Crippen LogP contribution in [0, 0.1) is 0 Å². The fraction of sp³-hybridized carbons (Fsp3) is 0.600. The van der Waals surface area contributed by atoms with Crippen LogP contribution in [0.3, 0.4) is 0 Å². The van der Waals surface area contributed by atoms with Crippen molar-refractivity contribution in [2.45, 2.75) is 36.9 Å². The monoisotopic (exact) mass is 354 g/mol. The van der Waals surface area contributed by atoms with Crippen molar-refractivity contribution in [2.75, 3.05) is 6.61 Å². The van der Waals surface area contributed by atoms with E-state index in [2.05, 4.69) is 20.7 Å². The van der Waals surface area contributed by atoms with Crippen molar-refractivity contribution in [3.63, 3.8) is 0 Å². The molecule has 8 heteroatoms. The SMILES string of the molecule is CC1OCCC1NS(=O)(=O)c1cc(CN)sc1Br. The van der Waals surface area contributed by atoms with E-state index in [0.29, 0.717) is 23.4 Å². The summed E-state index contributed by atoms with van der Waals surface area (Å²) in [5.41, 5.74) is 5.52. The predicted molar refractivity (Wildman–Crippen MR) is 74.1 cm³/mol. The average molecular weight is 355 g/mol. The Hall–Kier alpha value is 0.01000. The van der Waals surface area contributed by atoms with Gasteiger partial charge in [0.1, 0.15) is 4.90 Å². The maximum Gasteiger partial charge on any atom is 0.242 e. The van der Waals surface area contributed by atoms with Crippen LogP contribution in [0.25, 0.3) is 0 Å². The number of rotatable bonds is 4. The second-order valence-corrected chi connectivity index (χ2v) is 8.28. The summed E-state index contributed by atoms with van der Waals surface area (Å²) in [5, 5.41) is 0. The number of nitrogens with one attached hydrogen (secondary N) is 1. The fourth-order valence-electron chi connectivity index (χ4n) is 1.83. The van der Waals surface area contributed by atoms with Crippen LogP contribution in [0.15, 0.2) is 14.7 Å². The average Bonchev–Trinajstić information content (AvgIpc) is 2.86. The lowest BCUT2D eigenvalue weighted by atomic mass is 10.2. The van der Waals surface area contributed by atoms with Gasteiger partial charge in [-0.1, -0.05) is 0 Å². The van der Waals surface area contributed by atoms with E-state index in [1.54, 1.807) is 6.07 Å². The van der Waals surface area contributed by atoms with E-state index in [0.717, 1.165) is 4.88 Å². The molecule has 0 bridgehead atoms. The highest BCUT2D eigenvalue weighted by Gasteiger charge is 2.30. The molecule has 102 valence electrons. The Bertz CT molecular complexity index is 529. The van der Waals surface area contributed by atoms with E-state index < -0.39 is 10.0 Å². The number of nitrogens with two attached hydrogens (primary N) is 1. The maximum atomic E-state index is 12.3. The molecule has 1 fully saturated rings. The summed E-state index contributed by atoms with van der Waals surface area (Å²) in [7, 11) is -3.52. The largest absolute Gasteiger partial charge is 0.377 e. The summed E-state index contributed by atoms with van der Waals surface area (Å²) in [5.74, 6) is 0. The molecule has 3 N–H and O–H groups in total. The molecule has 0 radical (unpaired) electrons. The first-order chi connectivity index (χ1) is 8.44. The van der Waals surface area contributed by atoms with Crippen molar-refractivity contribution >= 4 is 37.3 Å². The molecule has 1 aliphatic rings. The third-order valence-electron chi connectivity index (χ3n) is 2.88. The Balaban J connectivity index is 2.22. The molecule has 2 rings (SSSR count). The van der Waals surface area contributed by atoms with E-state index in [9.17, 15) is 8.42 Å². The summed E-state index contributed by atoms with van der Waals surface area (Å²) < 4.78 is 33.1. The molecule has 1 saturated heterocycles. The molecule has 0 spiro atoms. The van der Waals surface area contributed by atoms with E-state index in [-0.39, 0.29) is 17.0 Å². The van der Waals surface area contributed by atoms with Gasteiger partial charge < -0.3 is 10.5 Å².